The Kier molecular flexibility index (Phi) is 7.80. The number of anilines is 1. The number of benzene rings is 2. The minimum atomic E-state index is -3.44. The average Bonchev–Trinajstić information content (AvgIpc) is 3.22. The third-order valence-electron chi connectivity index (χ3n) is 6.30. The molecule has 0 spiro atoms. The highest BCUT2D eigenvalue weighted by atomic mass is 32.2. The lowest BCUT2D eigenvalue weighted by molar-refractivity contribution is -0.118. The van der Waals surface area contributed by atoms with Crippen LogP contribution in [0.4, 0.5) is 5.69 Å². The number of carbonyl (C=O) groups excluding carboxylic acids is 1. The van der Waals surface area contributed by atoms with Gasteiger partial charge in [0.05, 0.1) is 21.5 Å². The molecule has 0 bridgehead atoms. The number of imidazole rings is 1. The molecule has 0 saturated heterocycles. The molecule has 0 aliphatic rings. The zero-order valence-corrected chi connectivity index (χ0v) is 22.8. The monoisotopic (exact) mass is 518 g/mol. The lowest BCUT2D eigenvalue weighted by Crippen LogP contribution is -2.19. The van der Waals surface area contributed by atoms with Crippen LogP contribution in [0.5, 0.6) is 0 Å². The molecule has 2 aromatic heterocycles. The number of aromatic nitrogens is 2. The van der Waals surface area contributed by atoms with Crippen LogP contribution in [0.2, 0.25) is 0 Å². The first-order valence-electron chi connectivity index (χ1n) is 12.4. The van der Waals surface area contributed by atoms with Gasteiger partial charge in [0.25, 0.3) is 0 Å². The molecule has 7 nitrogen and oxygen atoms in total. The van der Waals surface area contributed by atoms with Gasteiger partial charge in [0.15, 0.2) is 9.84 Å². The van der Waals surface area contributed by atoms with Crippen molar-refractivity contribution in [1.29, 1.82) is 0 Å². The molecule has 0 unspecified atom stereocenters. The van der Waals surface area contributed by atoms with Crippen molar-refractivity contribution in [2.75, 3.05) is 12.4 Å². The Morgan fingerprint density at radius 2 is 1.62 bits per heavy atom. The van der Waals surface area contributed by atoms with E-state index in [-0.39, 0.29) is 16.7 Å². The molecule has 8 heteroatoms. The number of hydrogen-bond acceptors (Lipinski definition) is 5. The van der Waals surface area contributed by atoms with Crippen LogP contribution in [0.25, 0.3) is 16.9 Å². The highest BCUT2D eigenvalue weighted by Crippen LogP contribution is 2.29. The summed E-state index contributed by atoms with van der Waals surface area (Å²) < 4.78 is 27.7. The molecule has 0 saturated carbocycles. The van der Waals surface area contributed by atoms with Crippen LogP contribution in [-0.2, 0) is 27.7 Å². The third kappa shape index (κ3) is 5.92. The highest BCUT2D eigenvalue weighted by molar-refractivity contribution is 7.92. The molecule has 0 aliphatic heterocycles. The van der Waals surface area contributed by atoms with Crippen molar-refractivity contribution in [3.05, 3.63) is 84.2 Å². The van der Waals surface area contributed by atoms with Crippen molar-refractivity contribution < 1.29 is 13.2 Å². The maximum atomic E-state index is 12.9. The van der Waals surface area contributed by atoms with Gasteiger partial charge in [-0.15, -0.1) is 0 Å². The van der Waals surface area contributed by atoms with E-state index in [9.17, 15) is 13.2 Å². The molecule has 1 N–H and O–H groups in total. The topological polar surface area (TPSA) is 83.8 Å². The van der Waals surface area contributed by atoms with E-state index in [1.165, 1.54) is 5.56 Å². The maximum absolute atomic E-state index is 12.9. The summed E-state index contributed by atoms with van der Waals surface area (Å²) in [6.07, 6.45) is 1.68. The van der Waals surface area contributed by atoms with Gasteiger partial charge in [-0.1, -0.05) is 56.3 Å². The van der Waals surface area contributed by atoms with Gasteiger partial charge >= 0.3 is 0 Å². The number of rotatable bonds is 9. The quantitative estimate of drug-likeness (QED) is 0.320. The van der Waals surface area contributed by atoms with Crippen LogP contribution >= 0.6 is 0 Å². The smallest absolute Gasteiger partial charge is 0.226 e. The summed E-state index contributed by atoms with van der Waals surface area (Å²) in [4.78, 5) is 19.4. The molecule has 0 atom stereocenters. The van der Waals surface area contributed by atoms with Gasteiger partial charge in [0.1, 0.15) is 5.65 Å². The van der Waals surface area contributed by atoms with E-state index in [2.05, 4.69) is 22.3 Å². The lowest BCUT2D eigenvalue weighted by Gasteiger charge is -2.18. The largest absolute Gasteiger partial charge is 0.326 e. The van der Waals surface area contributed by atoms with Crippen LogP contribution in [0, 0.1) is 5.92 Å². The number of fused-ring (bicyclic) bond motifs is 1. The first-order chi connectivity index (χ1) is 17.6. The van der Waals surface area contributed by atoms with Crippen LogP contribution in [0.1, 0.15) is 39.0 Å². The van der Waals surface area contributed by atoms with Gasteiger partial charge in [-0.25, -0.2) is 13.4 Å². The minimum Gasteiger partial charge on any atom is -0.326 e. The van der Waals surface area contributed by atoms with Crippen molar-refractivity contribution in [2.24, 2.45) is 5.92 Å². The number of carbonyl (C=O) groups is 1. The zero-order valence-electron chi connectivity index (χ0n) is 22.0. The SMILES string of the molecule is CC(C)C(=O)Nc1ccc(-c2nc3ccc(S(=O)(=O)C(C)C)cn3c2CN(C)Cc2ccccc2)cc1. The molecule has 1 amide bonds. The molecule has 194 valence electrons. The standard InChI is InChI=1S/C29H34N4O3S/c1-20(2)29(34)30-24-13-11-23(12-14-24)28-26(19-32(5)17-22-9-7-6-8-10-22)33-18-25(15-16-27(33)31-28)37(35,36)21(3)4/h6-16,18,20-21H,17,19H2,1-5H3,(H,30,34). The second-order valence-corrected chi connectivity index (χ2v) is 12.5. The van der Waals surface area contributed by atoms with Gasteiger partial charge in [-0.2, -0.15) is 0 Å². The van der Waals surface area contributed by atoms with Gasteiger partial charge in [0.2, 0.25) is 5.91 Å². The second-order valence-electron chi connectivity index (χ2n) is 9.97. The molecular formula is C29H34N4O3S. The molecule has 2 heterocycles. The summed E-state index contributed by atoms with van der Waals surface area (Å²) >= 11 is 0. The van der Waals surface area contributed by atoms with Crippen molar-refractivity contribution >= 4 is 27.1 Å². The summed E-state index contributed by atoms with van der Waals surface area (Å²) in [6.45, 7) is 8.37. The number of hydrogen-bond donors (Lipinski definition) is 1. The maximum Gasteiger partial charge on any atom is 0.226 e. The Bertz CT molecular complexity index is 1490. The summed E-state index contributed by atoms with van der Waals surface area (Å²) in [5, 5.41) is 2.39. The van der Waals surface area contributed by atoms with Crippen molar-refractivity contribution in [2.45, 2.75) is 50.9 Å². The predicted molar refractivity (Wildman–Crippen MR) is 148 cm³/mol. The fourth-order valence-corrected chi connectivity index (χ4v) is 5.16. The number of pyridine rings is 1. The van der Waals surface area contributed by atoms with Crippen LogP contribution in [0.15, 0.2) is 77.8 Å². The molecule has 2 aromatic carbocycles. The molecule has 0 aliphatic carbocycles. The molecule has 37 heavy (non-hydrogen) atoms. The van der Waals surface area contributed by atoms with E-state index >= 15 is 0 Å². The first-order valence-corrected chi connectivity index (χ1v) is 14.0. The van der Waals surface area contributed by atoms with Gasteiger partial charge in [-0.3, -0.25) is 9.69 Å². The van der Waals surface area contributed by atoms with Crippen molar-refractivity contribution in [1.82, 2.24) is 14.3 Å². The molecule has 0 radical (unpaired) electrons. The van der Waals surface area contributed by atoms with E-state index in [1.807, 2.05) is 67.8 Å². The van der Waals surface area contributed by atoms with Crippen molar-refractivity contribution in [3.8, 4) is 11.3 Å². The van der Waals surface area contributed by atoms with Gasteiger partial charge in [-0.05, 0) is 50.7 Å². The number of sulfone groups is 1. The van der Waals surface area contributed by atoms with Gasteiger partial charge in [0, 0.05) is 36.5 Å². The molecule has 4 aromatic rings. The Morgan fingerprint density at radius 3 is 2.24 bits per heavy atom. The van der Waals surface area contributed by atoms with Crippen LogP contribution in [-0.4, -0.2) is 40.9 Å². The second kappa shape index (κ2) is 10.9. The molecular weight excluding hydrogens is 484 g/mol. The number of amides is 1. The molecule has 0 fully saturated rings. The summed E-state index contributed by atoms with van der Waals surface area (Å²) in [5.41, 5.74) is 5.16. The van der Waals surface area contributed by atoms with Crippen molar-refractivity contribution in [3.63, 3.8) is 0 Å². The fraction of sp³-hybridized carbons (Fsp3) is 0.310. The van der Waals surface area contributed by atoms with E-state index in [1.54, 1.807) is 32.2 Å². The van der Waals surface area contributed by atoms with E-state index in [0.29, 0.717) is 12.2 Å². The number of nitrogens with zero attached hydrogens (tertiary/aromatic N) is 3. The van der Waals surface area contributed by atoms with Gasteiger partial charge < -0.3 is 9.72 Å². The third-order valence-corrected chi connectivity index (χ3v) is 8.44. The normalized spacial score (nSPS) is 12.1. The Labute approximate surface area is 219 Å². The lowest BCUT2D eigenvalue weighted by atomic mass is 10.1. The highest BCUT2D eigenvalue weighted by Gasteiger charge is 2.22. The summed E-state index contributed by atoms with van der Waals surface area (Å²) in [6, 6.07) is 21.2. The minimum absolute atomic E-state index is 0.0393. The Hall–Kier alpha value is -3.49. The summed E-state index contributed by atoms with van der Waals surface area (Å²) in [5.74, 6) is -0.149. The Balaban J connectivity index is 1.76. The molecule has 4 rings (SSSR count). The zero-order chi connectivity index (χ0) is 26.7. The van der Waals surface area contributed by atoms with E-state index in [0.717, 1.165) is 29.2 Å². The number of nitrogens with one attached hydrogen (secondary N) is 1. The average molecular weight is 519 g/mol. The van der Waals surface area contributed by atoms with E-state index in [4.69, 9.17) is 4.98 Å². The summed E-state index contributed by atoms with van der Waals surface area (Å²) in [7, 11) is -1.41. The van der Waals surface area contributed by atoms with Crippen LogP contribution in [0.3, 0.4) is 0 Å². The first kappa shape index (κ1) is 26.6. The Morgan fingerprint density at radius 1 is 0.946 bits per heavy atom. The van der Waals surface area contributed by atoms with Crippen LogP contribution < -0.4 is 5.32 Å². The fourth-order valence-electron chi connectivity index (χ4n) is 4.10. The predicted octanol–water partition coefficient (Wildman–Crippen LogP) is 5.41. The van der Waals surface area contributed by atoms with E-state index < -0.39 is 15.1 Å².